The molecule has 2 atom stereocenters. The van der Waals surface area contributed by atoms with Crippen molar-refractivity contribution in [1.29, 1.82) is 0 Å². The Bertz CT molecular complexity index is 498. The molecule has 2 unspecified atom stereocenters. The van der Waals surface area contributed by atoms with Crippen LogP contribution < -0.4 is 5.32 Å². The van der Waals surface area contributed by atoms with Crippen molar-refractivity contribution in [2.75, 3.05) is 11.5 Å². The van der Waals surface area contributed by atoms with Gasteiger partial charge in [-0.1, -0.05) is 12.1 Å². The van der Waals surface area contributed by atoms with Gasteiger partial charge in [0.2, 0.25) is 0 Å². The minimum atomic E-state index is -2.89. The van der Waals surface area contributed by atoms with Crippen molar-refractivity contribution in [2.24, 2.45) is 0 Å². The monoisotopic (exact) mass is 271 g/mol. The molecule has 3 nitrogen and oxygen atoms in total. The second kappa shape index (κ2) is 5.36. The van der Waals surface area contributed by atoms with E-state index < -0.39 is 9.84 Å². The summed E-state index contributed by atoms with van der Waals surface area (Å²) in [5.74, 6) is 0.250. The molecule has 100 valence electrons. The van der Waals surface area contributed by atoms with E-state index in [1.54, 1.807) is 12.1 Å². The normalized spacial score (nSPS) is 24.7. The molecule has 1 saturated heterocycles. The number of hydrogen-bond donors (Lipinski definition) is 1. The Kier molecular flexibility index (Phi) is 4.02. The first-order chi connectivity index (χ1) is 8.46. The molecular formula is C13H18FNO2S. The Balaban J connectivity index is 1.99. The highest BCUT2D eigenvalue weighted by Gasteiger charge is 2.25. The zero-order valence-electron chi connectivity index (χ0n) is 10.4. The third kappa shape index (κ3) is 3.53. The van der Waals surface area contributed by atoms with Gasteiger partial charge in [0.05, 0.1) is 11.5 Å². The van der Waals surface area contributed by atoms with Crippen LogP contribution in [0.1, 0.15) is 31.4 Å². The lowest BCUT2D eigenvalue weighted by atomic mass is 10.1. The Morgan fingerprint density at radius 3 is 2.61 bits per heavy atom. The molecule has 0 saturated carbocycles. The Hall–Kier alpha value is -0.940. The van der Waals surface area contributed by atoms with Gasteiger partial charge in [-0.15, -0.1) is 0 Å². The third-order valence-corrected chi connectivity index (χ3v) is 5.14. The van der Waals surface area contributed by atoms with Crippen molar-refractivity contribution < 1.29 is 12.8 Å². The molecule has 1 aliphatic heterocycles. The van der Waals surface area contributed by atoms with Gasteiger partial charge in [-0.25, -0.2) is 12.8 Å². The van der Waals surface area contributed by atoms with Gasteiger partial charge in [-0.2, -0.15) is 0 Å². The molecular weight excluding hydrogens is 253 g/mol. The highest BCUT2D eigenvalue weighted by molar-refractivity contribution is 7.91. The van der Waals surface area contributed by atoms with Crippen LogP contribution >= 0.6 is 0 Å². The summed E-state index contributed by atoms with van der Waals surface area (Å²) in [6.45, 7) is 1.97. The van der Waals surface area contributed by atoms with Gasteiger partial charge < -0.3 is 5.32 Å². The molecule has 0 aromatic heterocycles. The van der Waals surface area contributed by atoms with Gasteiger partial charge in [0.15, 0.2) is 9.84 Å². The summed E-state index contributed by atoms with van der Waals surface area (Å²) in [5, 5.41) is 3.31. The number of sulfone groups is 1. The smallest absolute Gasteiger partial charge is 0.151 e. The van der Waals surface area contributed by atoms with Gasteiger partial charge in [-0.05, 0) is 37.5 Å². The molecule has 1 N–H and O–H groups in total. The number of nitrogens with one attached hydrogen (secondary N) is 1. The number of benzene rings is 1. The number of rotatable bonds is 3. The van der Waals surface area contributed by atoms with Gasteiger partial charge in [0.25, 0.3) is 0 Å². The van der Waals surface area contributed by atoms with Gasteiger partial charge in [0.1, 0.15) is 5.82 Å². The van der Waals surface area contributed by atoms with Crippen molar-refractivity contribution >= 4 is 9.84 Å². The van der Waals surface area contributed by atoms with Gasteiger partial charge in [-0.3, -0.25) is 0 Å². The maximum absolute atomic E-state index is 12.8. The number of halogens is 1. The predicted octanol–water partition coefficient (Wildman–Crippen LogP) is 2.05. The Morgan fingerprint density at radius 2 is 2.00 bits per heavy atom. The molecule has 0 aliphatic carbocycles. The van der Waals surface area contributed by atoms with E-state index >= 15 is 0 Å². The Labute approximate surface area is 107 Å². The van der Waals surface area contributed by atoms with E-state index in [2.05, 4.69) is 5.32 Å². The maximum Gasteiger partial charge on any atom is 0.151 e. The first-order valence-corrected chi connectivity index (χ1v) is 8.00. The molecule has 0 amide bonds. The van der Waals surface area contributed by atoms with E-state index in [9.17, 15) is 12.8 Å². The fourth-order valence-corrected chi connectivity index (χ4v) is 4.00. The van der Waals surface area contributed by atoms with E-state index in [1.165, 1.54) is 12.1 Å². The molecule has 5 heteroatoms. The van der Waals surface area contributed by atoms with Crippen LogP contribution in [0.2, 0.25) is 0 Å². The van der Waals surface area contributed by atoms with Crippen LogP contribution in [0.15, 0.2) is 24.3 Å². The molecule has 0 bridgehead atoms. The average Bonchev–Trinajstić information content (AvgIpc) is 2.28. The molecule has 1 aliphatic rings. The van der Waals surface area contributed by atoms with E-state index in [4.69, 9.17) is 0 Å². The summed E-state index contributed by atoms with van der Waals surface area (Å²) in [6.07, 6.45) is 1.60. The molecule has 0 spiro atoms. The first-order valence-electron chi connectivity index (χ1n) is 6.18. The van der Waals surface area contributed by atoms with Crippen molar-refractivity contribution in [3.05, 3.63) is 35.6 Å². The van der Waals surface area contributed by atoms with E-state index in [0.29, 0.717) is 5.75 Å². The SMILES string of the molecule is CC(NC1CCCS(=O)(=O)C1)c1ccc(F)cc1. The van der Waals surface area contributed by atoms with E-state index in [0.717, 1.165) is 18.4 Å². The lowest BCUT2D eigenvalue weighted by Gasteiger charge is -2.26. The minimum Gasteiger partial charge on any atom is -0.306 e. The summed E-state index contributed by atoms with van der Waals surface area (Å²) < 4.78 is 35.9. The van der Waals surface area contributed by atoms with Gasteiger partial charge >= 0.3 is 0 Å². The summed E-state index contributed by atoms with van der Waals surface area (Å²) in [4.78, 5) is 0. The molecule has 1 heterocycles. The molecule has 2 rings (SSSR count). The topological polar surface area (TPSA) is 46.2 Å². The Morgan fingerprint density at radius 1 is 1.33 bits per heavy atom. The lowest BCUT2D eigenvalue weighted by Crippen LogP contribution is -2.41. The fraction of sp³-hybridized carbons (Fsp3) is 0.538. The van der Waals surface area contributed by atoms with Crippen LogP contribution in [-0.2, 0) is 9.84 Å². The molecule has 1 aromatic rings. The summed E-state index contributed by atoms with van der Waals surface area (Å²) in [7, 11) is -2.89. The zero-order chi connectivity index (χ0) is 13.2. The molecule has 0 radical (unpaired) electrons. The first kappa shape index (κ1) is 13.5. The zero-order valence-corrected chi connectivity index (χ0v) is 11.2. The van der Waals surface area contributed by atoms with Crippen LogP contribution in [0, 0.1) is 5.82 Å². The van der Waals surface area contributed by atoms with E-state index in [1.807, 2.05) is 6.92 Å². The maximum atomic E-state index is 12.8. The average molecular weight is 271 g/mol. The summed E-state index contributed by atoms with van der Waals surface area (Å²) in [5.41, 5.74) is 0.972. The van der Waals surface area contributed by atoms with Gasteiger partial charge in [0, 0.05) is 12.1 Å². The molecule has 1 aromatic carbocycles. The van der Waals surface area contributed by atoms with Crippen molar-refractivity contribution in [2.45, 2.75) is 31.8 Å². The van der Waals surface area contributed by atoms with Crippen molar-refractivity contribution in [3.8, 4) is 0 Å². The highest BCUT2D eigenvalue weighted by atomic mass is 32.2. The third-order valence-electron chi connectivity index (χ3n) is 3.32. The second-order valence-electron chi connectivity index (χ2n) is 4.89. The minimum absolute atomic E-state index is 0.00352. The van der Waals surface area contributed by atoms with Crippen molar-refractivity contribution in [3.63, 3.8) is 0 Å². The largest absolute Gasteiger partial charge is 0.306 e. The molecule has 18 heavy (non-hydrogen) atoms. The highest BCUT2D eigenvalue weighted by Crippen LogP contribution is 2.18. The van der Waals surface area contributed by atoms with Crippen LogP contribution in [0.4, 0.5) is 4.39 Å². The second-order valence-corrected chi connectivity index (χ2v) is 7.12. The van der Waals surface area contributed by atoms with Crippen LogP contribution in [-0.4, -0.2) is 26.0 Å². The van der Waals surface area contributed by atoms with Crippen molar-refractivity contribution in [1.82, 2.24) is 5.32 Å². The predicted molar refractivity (Wildman–Crippen MR) is 69.6 cm³/mol. The fourth-order valence-electron chi connectivity index (χ4n) is 2.36. The summed E-state index contributed by atoms with van der Waals surface area (Å²) >= 11 is 0. The molecule has 1 fully saturated rings. The van der Waals surface area contributed by atoms with Crippen LogP contribution in [0.5, 0.6) is 0 Å². The standard InChI is InChI=1S/C13H18FNO2S/c1-10(11-4-6-12(14)7-5-11)15-13-3-2-8-18(16,17)9-13/h4-7,10,13,15H,2-3,8-9H2,1H3. The number of hydrogen-bond acceptors (Lipinski definition) is 3. The van der Waals surface area contributed by atoms with E-state index in [-0.39, 0.29) is 23.7 Å². The van der Waals surface area contributed by atoms with Crippen LogP contribution in [0.25, 0.3) is 0 Å². The quantitative estimate of drug-likeness (QED) is 0.915. The summed E-state index contributed by atoms with van der Waals surface area (Å²) in [6, 6.07) is 6.33. The lowest BCUT2D eigenvalue weighted by molar-refractivity contribution is 0.437. The van der Waals surface area contributed by atoms with Crippen LogP contribution in [0.3, 0.4) is 0 Å².